The molecule has 0 aliphatic carbocycles. The normalized spacial score (nSPS) is 12.2. The van der Waals surface area contributed by atoms with Gasteiger partial charge in [-0.25, -0.2) is 0 Å². The van der Waals surface area contributed by atoms with Crippen LogP contribution in [0.2, 0.25) is 0 Å². The topological polar surface area (TPSA) is 37.3 Å². The van der Waals surface area contributed by atoms with Crippen molar-refractivity contribution in [3.8, 4) is 11.1 Å². The lowest BCUT2D eigenvalue weighted by Crippen LogP contribution is -2.20. The number of aryl methyl sites for hydroxylation is 1. The highest BCUT2D eigenvalue weighted by molar-refractivity contribution is 5.99. The van der Waals surface area contributed by atoms with E-state index < -0.39 is 17.7 Å². The fraction of sp³-hybridized carbons (Fsp3) is 0.250. The van der Waals surface area contributed by atoms with Crippen LogP contribution in [-0.4, -0.2) is 17.1 Å². The molecule has 2 rings (SSSR count). The van der Waals surface area contributed by atoms with Crippen molar-refractivity contribution in [1.29, 1.82) is 0 Å². The summed E-state index contributed by atoms with van der Waals surface area (Å²) in [5, 5.41) is 9.67. The zero-order valence-electron chi connectivity index (χ0n) is 13.8. The molecular formula is C20H19F3O2. The SMILES string of the molecule is CCCCc1ccc(-c2ccc(/C(O)=C/C(=O)C(F)(F)F)cc2)cc1. The van der Waals surface area contributed by atoms with Crippen molar-refractivity contribution in [3.05, 3.63) is 65.7 Å². The van der Waals surface area contributed by atoms with Crippen molar-refractivity contribution in [3.63, 3.8) is 0 Å². The van der Waals surface area contributed by atoms with E-state index in [0.717, 1.165) is 30.4 Å². The van der Waals surface area contributed by atoms with Gasteiger partial charge < -0.3 is 5.11 Å². The average Bonchev–Trinajstić information content (AvgIpc) is 2.59. The van der Waals surface area contributed by atoms with Crippen LogP contribution in [0.15, 0.2) is 54.6 Å². The maximum Gasteiger partial charge on any atom is 0.454 e. The summed E-state index contributed by atoms with van der Waals surface area (Å²) in [6, 6.07) is 14.4. The van der Waals surface area contributed by atoms with Crippen LogP contribution < -0.4 is 0 Å². The second-order valence-electron chi connectivity index (χ2n) is 5.77. The zero-order chi connectivity index (χ0) is 18.4. The van der Waals surface area contributed by atoms with Gasteiger partial charge in [-0.05, 0) is 29.5 Å². The van der Waals surface area contributed by atoms with Crippen molar-refractivity contribution in [2.45, 2.75) is 32.4 Å². The lowest BCUT2D eigenvalue weighted by Gasteiger charge is -2.06. The smallest absolute Gasteiger partial charge is 0.454 e. The molecule has 0 atom stereocenters. The van der Waals surface area contributed by atoms with E-state index in [9.17, 15) is 23.1 Å². The third-order valence-corrected chi connectivity index (χ3v) is 3.83. The summed E-state index contributed by atoms with van der Waals surface area (Å²) in [6.45, 7) is 2.14. The minimum Gasteiger partial charge on any atom is -0.507 e. The first-order chi connectivity index (χ1) is 11.8. The molecule has 0 amide bonds. The molecule has 0 fully saturated rings. The van der Waals surface area contributed by atoms with Crippen LogP contribution in [0.3, 0.4) is 0 Å². The molecule has 2 aromatic rings. The molecule has 0 spiro atoms. The Morgan fingerprint density at radius 3 is 2.00 bits per heavy atom. The average molecular weight is 348 g/mol. The second kappa shape index (κ2) is 8.01. The summed E-state index contributed by atoms with van der Waals surface area (Å²) in [4.78, 5) is 10.9. The van der Waals surface area contributed by atoms with Gasteiger partial charge in [0.15, 0.2) is 0 Å². The van der Waals surface area contributed by atoms with Crippen molar-refractivity contribution >= 4 is 11.5 Å². The fourth-order valence-corrected chi connectivity index (χ4v) is 2.37. The predicted octanol–water partition coefficient (Wildman–Crippen LogP) is 5.73. The molecule has 0 bridgehead atoms. The van der Waals surface area contributed by atoms with Gasteiger partial charge in [0, 0.05) is 11.6 Å². The number of alkyl halides is 3. The standard InChI is InChI=1S/C20H19F3O2/c1-2-3-4-14-5-7-15(8-6-14)16-9-11-17(12-10-16)18(24)13-19(25)20(21,22)23/h5-13,24H,2-4H2,1H3/b18-13-. The predicted molar refractivity (Wildman–Crippen MR) is 92.2 cm³/mol. The molecule has 2 aromatic carbocycles. The molecule has 2 nitrogen and oxygen atoms in total. The highest BCUT2D eigenvalue weighted by Crippen LogP contribution is 2.24. The fourth-order valence-electron chi connectivity index (χ4n) is 2.37. The number of carbonyl (C=O) groups is 1. The minimum atomic E-state index is -4.99. The molecule has 0 saturated carbocycles. The maximum atomic E-state index is 12.2. The van der Waals surface area contributed by atoms with E-state index in [-0.39, 0.29) is 11.6 Å². The molecule has 25 heavy (non-hydrogen) atoms. The van der Waals surface area contributed by atoms with E-state index in [1.807, 2.05) is 12.1 Å². The van der Waals surface area contributed by atoms with Crippen LogP contribution in [0.1, 0.15) is 30.9 Å². The highest BCUT2D eigenvalue weighted by atomic mass is 19.4. The molecular weight excluding hydrogens is 329 g/mol. The summed E-state index contributed by atoms with van der Waals surface area (Å²) < 4.78 is 36.6. The monoisotopic (exact) mass is 348 g/mol. The number of unbranched alkanes of at least 4 members (excludes halogenated alkanes) is 1. The Kier molecular flexibility index (Phi) is 6.02. The molecule has 0 heterocycles. The Labute approximate surface area is 144 Å². The number of aliphatic hydroxyl groups is 1. The van der Waals surface area contributed by atoms with Gasteiger partial charge in [-0.3, -0.25) is 4.79 Å². The van der Waals surface area contributed by atoms with Gasteiger partial charge in [-0.1, -0.05) is 61.9 Å². The third kappa shape index (κ3) is 5.21. The van der Waals surface area contributed by atoms with Crippen LogP contribution in [0.25, 0.3) is 16.9 Å². The van der Waals surface area contributed by atoms with Crippen molar-refractivity contribution in [2.75, 3.05) is 0 Å². The number of carbonyl (C=O) groups excluding carboxylic acids is 1. The molecule has 1 N–H and O–H groups in total. The van der Waals surface area contributed by atoms with Crippen LogP contribution in [0.4, 0.5) is 13.2 Å². The molecule has 0 unspecified atom stereocenters. The summed E-state index contributed by atoms with van der Waals surface area (Å²) in [5.41, 5.74) is 3.26. The number of benzene rings is 2. The van der Waals surface area contributed by atoms with Crippen LogP contribution in [0.5, 0.6) is 0 Å². The van der Waals surface area contributed by atoms with Crippen molar-refractivity contribution in [1.82, 2.24) is 0 Å². The Hall–Kier alpha value is -2.56. The van der Waals surface area contributed by atoms with Gasteiger partial charge in [0.25, 0.3) is 5.78 Å². The Bertz CT molecular complexity index is 742. The highest BCUT2D eigenvalue weighted by Gasteiger charge is 2.36. The Morgan fingerprint density at radius 1 is 1.00 bits per heavy atom. The molecule has 132 valence electrons. The number of halogens is 3. The van der Waals surface area contributed by atoms with E-state index >= 15 is 0 Å². The number of ketones is 1. The van der Waals surface area contributed by atoms with Gasteiger partial charge in [0.2, 0.25) is 0 Å². The van der Waals surface area contributed by atoms with E-state index in [0.29, 0.717) is 0 Å². The summed E-state index contributed by atoms with van der Waals surface area (Å²) in [6.07, 6.45) is -1.50. The minimum absolute atomic E-state index is 0.154. The van der Waals surface area contributed by atoms with E-state index in [1.54, 1.807) is 12.1 Å². The number of allylic oxidation sites excluding steroid dienone is 1. The van der Waals surface area contributed by atoms with Gasteiger partial charge in [-0.2, -0.15) is 13.2 Å². The number of aliphatic hydroxyl groups excluding tert-OH is 1. The lowest BCUT2D eigenvalue weighted by molar-refractivity contribution is -0.165. The lowest BCUT2D eigenvalue weighted by atomic mass is 10.0. The molecule has 0 aliphatic heterocycles. The Morgan fingerprint density at radius 2 is 1.52 bits per heavy atom. The Balaban J connectivity index is 2.14. The molecule has 0 aromatic heterocycles. The van der Waals surface area contributed by atoms with Gasteiger partial charge >= 0.3 is 6.18 Å². The second-order valence-corrected chi connectivity index (χ2v) is 5.77. The van der Waals surface area contributed by atoms with E-state index in [4.69, 9.17) is 0 Å². The number of rotatable bonds is 6. The van der Waals surface area contributed by atoms with Crippen molar-refractivity contribution in [2.24, 2.45) is 0 Å². The quantitative estimate of drug-likeness (QED) is 0.535. The first-order valence-electron chi connectivity index (χ1n) is 8.03. The molecule has 0 radical (unpaired) electrons. The van der Waals surface area contributed by atoms with Crippen LogP contribution in [-0.2, 0) is 11.2 Å². The van der Waals surface area contributed by atoms with E-state index in [1.165, 1.54) is 17.7 Å². The summed E-state index contributed by atoms with van der Waals surface area (Å²) in [5.74, 6) is -2.79. The first kappa shape index (κ1) is 18.8. The van der Waals surface area contributed by atoms with Crippen LogP contribution >= 0.6 is 0 Å². The number of hydrogen-bond donors (Lipinski definition) is 1. The van der Waals surface area contributed by atoms with Gasteiger partial charge in [0.05, 0.1) is 0 Å². The van der Waals surface area contributed by atoms with Gasteiger partial charge in [-0.15, -0.1) is 0 Å². The first-order valence-corrected chi connectivity index (χ1v) is 8.03. The largest absolute Gasteiger partial charge is 0.507 e. The summed E-state index contributed by atoms with van der Waals surface area (Å²) in [7, 11) is 0. The molecule has 0 saturated heterocycles. The van der Waals surface area contributed by atoms with Crippen LogP contribution in [0, 0.1) is 0 Å². The maximum absolute atomic E-state index is 12.2. The molecule has 0 aliphatic rings. The molecule has 5 heteroatoms. The number of hydrogen-bond acceptors (Lipinski definition) is 2. The van der Waals surface area contributed by atoms with E-state index in [2.05, 4.69) is 19.1 Å². The zero-order valence-corrected chi connectivity index (χ0v) is 13.8. The van der Waals surface area contributed by atoms with Crippen molar-refractivity contribution < 1.29 is 23.1 Å². The van der Waals surface area contributed by atoms with Gasteiger partial charge in [0.1, 0.15) is 5.76 Å². The third-order valence-electron chi connectivity index (χ3n) is 3.83. The summed E-state index contributed by atoms with van der Waals surface area (Å²) >= 11 is 0.